The lowest BCUT2D eigenvalue weighted by Crippen LogP contribution is -2.12. The van der Waals surface area contributed by atoms with Gasteiger partial charge in [0.1, 0.15) is 5.15 Å². The van der Waals surface area contributed by atoms with Crippen LogP contribution < -0.4 is 11.1 Å². The van der Waals surface area contributed by atoms with Gasteiger partial charge < -0.3 is 11.1 Å². The molecule has 0 aliphatic rings. The maximum absolute atomic E-state index is 12.0. The Morgan fingerprint density at radius 2 is 2.11 bits per heavy atom. The first-order chi connectivity index (χ1) is 8.56. The second-order valence-corrected chi connectivity index (χ2v) is 5.11. The quantitative estimate of drug-likeness (QED) is 0.483. The molecule has 4 nitrogen and oxygen atoms in total. The summed E-state index contributed by atoms with van der Waals surface area (Å²) in [5.74, 6) is -0.213. The fourth-order valence-electron chi connectivity index (χ4n) is 1.35. The molecule has 0 spiro atoms. The van der Waals surface area contributed by atoms with Gasteiger partial charge in [0.05, 0.1) is 0 Å². The number of halogens is 2. The highest BCUT2D eigenvalue weighted by molar-refractivity contribution is 14.1. The average Bonchev–Trinajstić information content (AvgIpc) is 2.32. The zero-order valence-electron chi connectivity index (χ0n) is 9.15. The van der Waals surface area contributed by atoms with E-state index in [0.717, 1.165) is 3.57 Å². The number of carbonyl (C=O) groups excluding carboxylic acids is 1. The molecular formula is C12H9ClIN3O. The van der Waals surface area contributed by atoms with Crippen LogP contribution in [0.2, 0.25) is 5.15 Å². The molecule has 0 aliphatic carbocycles. The Kier molecular flexibility index (Phi) is 4.03. The lowest BCUT2D eigenvalue weighted by molar-refractivity contribution is 0.102. The van der Waals surface area contributed by atoms with Crippen molar-refractivity contribution in [2.24, 2.45) is 0 Å². The normalized spacial score (nSPS) is 10.1. The Hall–Kier alpha value is -1.34. The number of nitrogens with two attached hydrogens (primary N) is 1. The molecule has 1 aromatic carbocycles. The van der Waals surface area contributed by atoms with Gasteiger partial charge in [0.25, 0.3) is 5.91 Å². The van der Waals surface area contributed by atoms with E-state index in [9.17, 15) is 4.79 Å². The van der Waals surface area contributed by atoms with E-state index in [1.165, 1.54) is 6.20 Å². The second kappa shape index (κ2) is 5.53. The van der Waals surface area contributed by atoms with E-state index in [4.69, 9.17) is 17.3 Å². The first-order valence-corrected chi connectivity index (χ1v) is 6.50. The third kappa shape index (κ3) is 3.11. The summed E-state index contributed by atoms with van der Waals surface area (Å²) in [6.07, 6.45) is 1.53. The van der Waals surface area contributed by atoms with Gasteiger partial charge in [-0.15, -0.1) is 0 Å². The molecule has 92 valence electrons. The summed E-state index contributed by atoms with van der Waals surface area (Å²) in [5.41, 5.74) is 7.49. The Balaban J connectivity index is 2.19. The number of pyridine rings is 1. The van der Waals surface area contributed by atoms with Crippen LogP contribution in [0.5, 0.6) is 0 Å². The van der Waals surface area contributed by atoms with Gasteiger partial charge in [0.2, 0.25) is 0 Å². The third-order valence-electron chi connectivity index (χ3n) is 2.25. The number of rotatable bonds is 2. The number of hydrogen-bond acceptors (Lipinski definition) is 3. The summed E-state index contributed by atoms with van der Waals surface area (Å²) in [5, 5.41) is 3.07. The Bertz CT molecular complexity index is 604. The highest BCUT2D eigenvalue weighted by atomic mass is 127. The van der Waals surface area contributed by atoms with Gasteiger partial charge in [0, 0.05) is 26.7 Å². The molecule has 6 heteroatoms. The third-order valence-corrected chi connectivity index (χ3v) is 3.39. The lowest BCUT2D eigenvalue weighted by Gasteiger charge is -2.06. The molecule has 0 radical (unpaired) electrons. The molecule has 0 fully saturated rings. The molecule has 1 amide bonds. The zero-order chi connectivity index (χ0) is 13.1. The van der Waals surface area contributed by atoms with Crippen molar-refractivity contribution in [3.63, 3.8) is 0 Å². The molecule has 0 aliphatic heterocycles. The predicted molar refractivity (Wildman–Crippen MR) is 80.8 cm³/mol. The van der Waals surface area contributed by atoms with Crippen LogP contribution >= 0.6 is 34.2 Å². The van der Waals surface area contributed by atoms with Crippen LogP contribution in [-0.4, -0.2) is 10.9 Å². The van der Waals surface area contributed by atoms with Crippen LogP contribution in [0.25, 0.3) is 0 Å². The predicted octanol–water partition coefficient (Wildman–Crippen LogP) is 3.17. The van der Waals surface area contributed by atoms with Gasteiger partial charge in [-0.05, 0) is 52.9 Å². The second-order valence-electron chi connectivity index (χ2n) is 3.56. The summed E-state index contributed by atoms with van der Waals surface area (Å²) in [6, 6.07) is 8.37. The minimum atomic E-state index is -0.213. The van der Waals surface area contributed by atoms with Gasteiger partial charge in [-0.3, -0.25) is 4.79 Å². The Labute approximate surface area is 123 Å². The zero-order valence-corrected chi connectivity index (χ0v) is 12.1. The number of aromatic nitrogens is 1. The minimum Gasteiger partial charge on any atom is -0.398 e. The monoisotopic (exact) mass is 373 g/mol. The van der Waals surface area contributed by atoms with Crippen molar-refractivity contribution in [3.8, 4) is 0 Å². The van der Waals surface area contributed by atoms with E-state index in [1.807, 2.05) is 0 Å². The maximum Gasteiger partial charge on any atom is 0.255 e. The number of carbonyl (C=O) groups is 1. The molecule has 0 saturated heterocycles. The smallest absolute Gasteiger partial charge is 0.255 e. The molecule has 2 rings (SSSR count). The number of anilines is 2. The lowest BCUT2D eigenvalue weighted by atomic mass is 10.2. The Morgan fingerprint density at radius 1 is 1.33 bits per heavy atom. The van der Waals surface area contributed by atoms with E-state index < -0.39 is 0 Å². The number of nitrogens with zero attached hydrogens (tertiary/aromatic N) is 1. The van der Waals surface area contributed by atoms with Gasteiger partial charge in [-0.2, -0.15) is 0 Å². The number of nitrogens with one attached hydrogen (secondary N) is 1. The Morgan fingerprint density at radius 3 is 2.78 bits per heavy atom. The molecule has 1 heterocycles. The van der Waals surface area contributed by atoms with E-state index in [1.54, 1.807) is 30.3 Å². The fraction of sp³-hybridized carbons (Fsp3) is 0. The number of nitrogen functional groups attached to an aromatic ring is 1. The van der Waals surface area contributed by atoms with Crippen LogP contribution in [0.1, 0.15) is 10.4 Å². The van der Waals surface area contributed by atoms with Crippen LogP contribution in [0.4, 0.5) is 11.4 Å². The van der Waals surface area contributed by atoms with Gasteiger partial charge in [-0.1, -0.05) is 11.6 Å². The molecular weight excluding hydrogens is 365 g/mol. The molecule has 2 aromatic rings. The van der Waals surface area contributed by atoms with Crippen molar-refractivity contribution >= 4 is 51.5 Å². The number of amides is 1. The molecule has 0 unspecified atom stereocenters. The van der Waals surface area contributed by atoms with Crippen molar-refractivity contribution in [1.82, 2.24) is 4.98 Å². The summed E-state index contributed by atoms with van der Waals surface area (Å²) < 4.78 is 0.841. The molecule has 0 atom stereocenters. The van der Waals surface area contributed by atoms with Crippen LogP contribution in [0, 0.1) is 3.57 Å². The van der Waals surface area contributed by atoms with Crippen LogP contribution in [0.3, 0.4) is 0 Å². The molecule has 18 heavy (non-hydrogen) atoms. The largest absolute Gasteiger partial charge is 0.398 e. The summed E-state index contributed by atoms with van der Waals surface area (Å²) in [7, 11) is 0. The van der Waals surface area contributed by atoms with Crippen LogP contribution in [-0.2, 0) is 0 Å². The van der Waals surface area contributed by atoms with Crippen molar-refractivity contribution in [3.05, 3.63) is 50.8 Å². The number of hydrogen-bond donors (Lipinski definition) is 2. The van der Waals surface area contributed by atoms with Crippen molar-refractivity contribution in [2.75, 3.05) is 11.1 Å². The van der Waals surface area contributed by atoms with Gasteiger partial charge >= 0.3 is 0 Å². The maximum atomic E-state index is 12.0. The molecule has 1 aromatic heterocycles. The van der Waals surface area contributed by atoms with Gasteiger partial charge in [0.15, 0.2) is 0 Å². The number of benzene rings is 1. The van der Waals surface area contributed by atoms with E-state index in [-0.39, 0.29) is 5.91 Å². The fourth-order valence-corrected chi connectivity index (χ4v) is 2.04. The van der Waals surface area contributed by atoms with Crippen LogP contribution in [0.15, 0.2) is 36.5 Å². The average molecular weight is 374 g/mol. The SMILES string of the molecule is Nc1ccc(C(=O)Nc2ccnc(Cl)c2)cc1I. The summed E-state index contributed by atoms with van der Waals surface area (Å²) in [4.78, 5) is 15.8. The molecule has 0 saturated carbocycles. The highest BCUT2D eigenvalue weighted by Gasteiger charge is 2.08. The first-order valence-electron chi connectivity index (χ1n) is 5.04. The highest BCUT2D eigenvalue weighted by Crippen LogP contribution is 2.18. The standard InChI is InChI=1S/C12H9ClIN3O/c13-11-6-8(3-4-16-11)17-12(18)7-1-2-10(15)9(14)5-7/h1-6H,15H2,(H,16,17,18). The van der Waals surface area contributed by atoms with Crippen molar-refractivity contribution in [2.45, 2.75) is 0 Å². The van der Waals surface area contributed by atoms with Crippen molar-refractivity contribution < 1.29 is 4.79 Å². The topological polar surface area (TPSA) is 68.0 Å². The first kappa shape index (κ1) is 13.1. The van der Waals surface area contributed by atoms with E-state index in [2.05, 4.69) is 32.9 Å². The van der Waals surface area contributed by atoms with Crippen molar-refractivity contribution in [1.29, 1.82) is 0 Å². The molecule has 3 N–H and O–H groups in total. The summed E-state index contributed by atoms with van der Waals surface area (Å²) >= 11 is 7.82. The molecule has 0 bridgehead atoms. The summed E-state index contributed by atoms with van der Waals surface area (Å²) in [6.45, 7) is 0. The van der Waals surface area contributed by atoms with E-state index >= 15 is 0 Å². The minimum absolute atomic E-state index is 0.213. The van der Waals surface area contributed by atoms with Gasteiger partial charge in [-0.25, -0.2) is 4.98 Å². The van der Waals surface area contributed by atoms with E-state index in [0.29, 0.717) is 22.1 Å².